The second-order valence-electron chi connectivity index (χ2n) is 8.10. The first kappa shape index (κ1) is 23.9. The summed E-state index contributed by atoms with van der Waals surface area (Å²) in [6, 6.07) is 13.9. The normalized spacial score (nSPS) is 14.6. The third kappa shape index (κ3) is 5.63. The molecule has 0 aliphatic carbocycles. The Labute approximate surface area is 199 Å². The topological polar surface area (TPSA) is 115 Å². The largest absolute Gasteiger partial charge is 0.497 e. The van der Waals surface area contributed by atoms with Crippen molar-refractivity contribution in [2.45, 2.75) is 43.4 Å². The molecule has 1 aliphatic rings. The van der Waals surface area contributed by atoms with Crippen LogP contribution >= 0.6 is 0 Å². The Hall–Kier alpha value is -3.24. The zero-order valence-corrected chi connectivity index (χ0v) is 19.9. The number of hydrogen-bond donors (Lipinski definition) is 1. The molecule has 0 radical (unpaired) electrons. The molecule has 1 amide bonds. The minimum atomic E-state index is -3.65. The minimum Gasteiger partial charge on any atom is -0.497 e. The molecule has 0 bridgehead atoms. The van der Waals surface area contributed by atoms with Crippen molar-refractivity contribution in [2.24, 2.45) is 0 Å². The first-order chi connectivity index (χ1) is 16.5. The molecule has 34 heavy (non-hydrogen) atoms. The Morgan fingerprint density at radius 3 is 2.56 bits per heavy atom. The van der Waals surface area contributed by atoms with E-state index in [2.05, 4.69) is 15.5 Å². The second kappa shape index (κ2) is 10.8. The number of piperidine rings is 1. The van der Waals surface area contributed by atoms with Gasteiger partial charge in [-0.25, -0.2) is 8.42 Å². The van der Waals surface area contributed by atoms with Crippen LogP contribution in [0.5, 0.6) is 5.75 Å². The zero-order valence-electron chi connectivity index (χ0n) is 19.1. The van der Waals surface area contributed by atoms with Crippen molar-refractivity contribution >= 4 is 21.6 Å². The number of nitrogens with one attached hydrogen (secondary N) is 1. The Morgan fingerprint density at radius 2 is 1.82 bits per heavy atom. The number of aromatic nitrogens is 2. The fourth-order valence-electron chi connectivity index (χ4n) is 3.87. The predicted octanol–water partition coefficient (Wildman–Crippen LogP) is 3.88. The lowest BCUT2D eigenvalue weighted by Gasteiger charge is -2.26. The zero-order chi connectivity index (χ0) is 24.0. The van der Waals surface area contributed by atoms with Gasteiger partial charge in [0.15, 0.2) is 0 Å². The maximum absolute atomic E-state index is 13.1. The van der Waals surface area contributed by atoms with E-state index in [1.165, 1.54) is 4.31 Å². The number of nitrogens with zero attached hydrogens (tertiary/aromatic N) is 3. The van der Waals surface area contributed by atoms with E-state index in [1.54, 1.807) is 31.4 Å². The number of carbonyl (C=O) groups excluding carboxylic acids is 1. The van der Waals surface area contributed by atoms with Crippen LogP contribution in [0.1, 0.15) is 38.0 Å². The molecule has 0 saturated carbocycles. The fraction of sp³-hybridized carbons (Fsp3) is 0.375. The maximum atomic E-state index is 13.1. The van der Waals surface area contributed by atoms with Gasteiger partial charge in [0.05, 0.1) is 12.8 Å². The summed E-state index contributed by atoms with van der Waals surface area (Å²) in [5.41, 5.74) is 1.11. The monoisotopic (exact) mass is 484 g/mol. The van der Waals surface area contributed by atoms with E-state index < -0.39 is 10.0 Å². The second-order valence-corrected chi connectivity index (χ2v) is 10.0. The summed E-state index contributed by atoms with van der Waals surface area (Å²) in [4.78, 5) is 17.1. The van der Waals surface area contributed by atoms with Gasteiger partial charge in [-0.3, -0.25) is 4.79 Å². The number of aryl methyl sites for hydroxylation is 1. The van der Waals surface area contributed by atoms with Gasteiger partial charge in [-0.1, -0.05) is 23.7 Å². The lowest BCUT2D eigenvalue weighted by molar-refractivity contribution is -0.116. The lowest BCUT2D eigenvalue weighted by Crippen LogP contribution is -2.36. The van der Waals surface area contributed by atoms with Crippen LogP contribution in [0.2, 0.25) is 0 Å². The van der Waals surface area contributed by atoms with Crippen molar-refractivity contribution in [1.82, 2.24) is 14.4 Å². The van der Waals surface area contributed by atoms with Crippen LogP contribution in [-0.4, -0.2) is 49.0 Å². The van der Waals surface area contributed by atoms with Gasteiger partial charge in [0.2, 0.25) is 27.6 Å². The van der Waals surface area contributed by atoms with E-state index in [1.807, 2.05) is 24.3 Å². The molecule has 2 aromatic carbocycles. The number of amides is 1. The Balaban J connectivity index is 1.33. The van der Waals surface area contributed by atoms with Gasteiger partial charge in [0.1, 0.15) is 10.6 Å². The highest BCUT2D eigenvalue weighted by molar-refractivity contribution is 7.89. The molecule has 1 aliphatic heterocycles. The number of anilines is 1. The van der Waals surface area contributed by atoms with Crippen molar-refractivity contribution in [1.29, 1.82) is 0 Å². The van der Waals surface area contributed by atoms with Crippen molar-refractivity contribution in [3.63, 3.8) is 0 Å². The summed E-state index contributed by atoms with van der Waals surface area (Å²) in [7, 11) is -2.05. The van der Waals surface area contributed by atoms with Crippen LogP contribution in [0.25, 0.3) is 11.4 Å². The van der Waals surface area contributed by atoms with Gasteiger partial charge in [0, 0.05) is 31.5 Å². The minimum absolute atomic E-state index is 0.131. The van der Waals surface area contributed by atoms with Crippen molar-refractivity contribution in [3.8, 4) is 17.1 Å². The molecular formula is C24H28N4O5S. The van der Waals surface area contributed by atoms with Gasteiger partial charge < -0.3 is 14.6 Å². The van der Waals surface area contributed by atoms with Crippen LogP contribution in [0.3, 0.4) is 0 Å². The molecule has 3 aromatic rings. The molecule has 2 heterocycles. The number of rotatable bonds is 9. The van der Waals surface area contributed by atoms with Gasteiger partial charge in [0.25, 0.3) is 0 Å². The summed E-state index contributed by atoms with van der Waals surface area (Å²) in [5, 5.41) is 6.75. The molecule has 1 N–H and O–H groups in total. The molecule has 10 heteroatoms. The molecule has 1 saturated heterocycles. The summed E-state index contributed by atoms with van der Waals surface area (Å²) in [6.45, 7) is 1.01. The number of ether oxygens (including phenoxy) is 1. The van der Waals surface area contributed by atoms with E-state index in [0.717, 1.165) is 30.6 Å². The quantitative estimate of drug-likeness (QED) is 0.490. The van der Waals surface area contributed by atoms with Crippen LogP contribution in [0.4, 0.5) is 5.69 Å². The third-order valence-corrected chi connectivity index (χ3v) is 7.66. The molecule has 180 valence electrons. The van der Waals surface area contributed by atoms with Crippen molar-refractivity contribution in [3.05, 3.63) is 54.4 Å². The molecular weight excluding hydrogens is 456 g/mol. The van der Waals surface area contributed by atoms with E-state index >= 15 is 0 Å². The summed E-state index contributed by atoms with van der Waals surface area (Å²) >= 11 is 0. The number of benzene rings is 2. The van der Waals surface area contributed by atoms with Crippen LogP contribution in [-0.2, 0) is 21.2 Å². The highest BCUT2D eigenvalue weighted by Crippen LogP contribution is 2.27. The van der Waals surface area contributed by atoms with E-state index in [0.29, 0.717) is 43.3 Å². The molecule has 4 rings (SSSR count). The molecule has 1 aromatic heterocycles. The summed E-state index contributed by atoms with van der Waals surface area (Å²) in [6.07, 6.45) is 3.85. The molecule has 0 atom stereocenters. The predicted molar refractivity (Wildman–Crippen MR) is 127 cm³/mol. The summed E-state index contributed by atoms with van der Waals surface area (Å²) < 4.78 is 38.1. The fourth-order valence-corrected chi connectivity index (χ4v) is 5.53. The number of para-hydroxylation sites is 1. The Kier molecular flexibility index (Phi) is 7.59. The van der Waals surface area contributed by atoms with Crippen molar-refractivity contribution < 1.29 is 22.5 Å². The SMILES string of the molecule is COc1ccc(-c2noc(CCCC(=O)Nc3ccccc3S(=O)(=O)N3CCCCC3)n2)cc1. The average molecular weight is 485 g/mol. The Bertz CT molecular complexity index is 1220. The summed E-state index contributed by atoms with van der Waals surface area (Å²) in [5.74, 6) is 1.38. The smallest absolute Gasteiger partial charge is 0.245 e. The van der Waals surface area contributed by atoms with Crippen LogP contribution in [0.15, 0.2) is 57.9 Å². The average Bonchev–Trinajstić information content (AvgIpc) is 3.34. The molecule has 9 nitrogen and oxygen atoms in total. The van der Waals surface area contributed by atoms with Crippen LogP contribution < -0.4 is 10.1 Å². The highest BCUT2D eigenvalue weighted by atomic mass is 32.2. The van der Waals surface area contributed by atoms with Crippen molar-refractivity contribution in [2.75, 3.05) is 25.5 Å². The van der Waals surface area contributed by atoms with Gasteiger partial charge >= 0.3 is 0 Å². The standard InChI is InChI=1S/C24H28N4O5S/c1-32-19-14-12-18(13-15-19)24-26-23(33-27-24)11-7-10-22(29)25-20-8-3-4-9-21(20)34(30,31)28-16-5-2-6-17-28/h3-4,8-9,12-15H,2,5-7,10-11,16-17H2,1H3,(H,25,29). The van der Waals surface area contributed by atoms with Crippen LogP contribution in [0, 0.1) is 0 Å². The molecule has 1 fully saturated rings. The highest BCUT2D eigenvalue weighted by Gasteiger charge is 2.28. The number of carbonyl (C=O) groups is 1. The third-order valence-electron chi connectivity index (χ3n) is 5.70. The number of hydrogen-bond acceptors (Lipinski definition) is 7. The molecule has 0 unspecified atom stereocenters. The first-order valence-corrected chi connectivity index (χ1v) is 12.8. The Morgan fingerprint density at radius 1 is 1.09 bits per heavy atom. The molecule has 0 spiro atoms. The van der Waals surface area contributed by atoms with E-state index in [9.17, 15) is 13.2 Å². The maximum Gasteiger partial charge on any atom is 0.245 e. The number of sulfonamides is 1. The van der Waals surface area contributed by atoms with Gasteiger partial charge in [-0.2, -0.15) is 9.29 Å². The first-order valence-electron chi connectivity index (χ1n) is 11.3. The van der Waals surface area contributed by atoms with Gasteiger partial charge in [-0.05, 0) is 55.7 Å². The number of methoxy groups -OCH3 is 1. The van der Waals surface area contributed by atoms with E-state index in [4.69, 9.17) is 9.26 Å². The van der Waals surface area contributed by atoms with E-state index in [-0.39, 0.29) is 17.2 Å². The van der Waals surface area contributed by atoms with Gasteiger partial charge in [-0.15, -0.1) is 0 Å². The lowest BCUT2D eigenvalue weighted by atomic mass is 10.2.